The van der Waals surface area contributed by atoms with Crippen molar-refractivity contribution in [2.24, 2.45) is 5.73 Å². The van der Waals surface area contributed by atoms with Crippen molar-refractivity contribution in [3.8, 4) is 11.3 Å². The predicted molar refractivity (Wildman–Crippen MR) is 77.9 cm³/mol. The van der Waals surface area contributed by atoms with Crippen LogP contribution >= 0.6 is 28.3 Å². The van der Waals surface area contributed by atoms with E-state index in [-0.39, 0.29) is 25.1 Å². The van der Waals surface area contributed by atoms with Gasteiger partial charge in [0.15, 0.2) is 0 Å². The van der Waals surface area contributed by atoms with Gasteiger partial charge in [0.05, 0.1) is 6.61 Å². The molecular formula is C13H15BrClNO2. The Morgan fingerprint density at radius 2 is 1.83 bits per heavy atom. The summed E-state index contributed by atoms with van der Waals surface area (Å²) in [6.07, 6.45) is 0.549. The Balaban J connectivity index is 0.00000162. The fourth-order valence-corrected chi connectivity index (χ4v) is 1.84. The summed E-state index contributed by atoms with van der Waals surface area (Å²) in [4.78, 5) is 0. The molecule has 3 N–H and O–H groups in total. The van der Waals surface area contributed by atoms with Gasteiger partial charge in [0.2, 0.25) is 0 Å². The highest BCUT2D eigenvalue weighted by Crippen LogP contribution is 2.24. The average Bonchev–Trinajstić information content (AvgIpc) is 2.78. The molecule has 5 heteroatoms. The zero-order valence-electron chi connectivity index (χ0n) is 9.67. The van der Waals surface area contributed by atoms with E-state index in [4.69, 9.17) is 15.3 Å². The van der Waals surface area contributed by atoms with E-state index in [1.54, 1.807) is 0 Å². The summed E-state index contributed by atoms with van der Waals surface area (Å²) in [6, 6.07) is 11.5. The molecule has 1 heterocycles. The minimum Gasteiger partial charge on any atom is -0.461 e. The summed E-state index contributed by atoms with van der Waals surface area (Å²) in [5.74, 6) is 1.61. The first kappa shape index (κ1) is 15.2. The summed E-state index contributed by atoms with van der Waals surface area (Å²) >= 11 is 3.39. The lowest BCUT2D eigenvalue weighted by Gasteiger charge is -2.04. The molecule has 0 spiro atoms. The first-order valence-electron chi connectivity index (χ1n) is 5.40. The van der Waals surface area contributed by atoms with Gasteiger partial charge in [-0.05, 0) is 24.3 Å². The van der Waals surface area contributed by atoms with Gasteiger partial charge in [-0.2, -0.15) is 0 Å². The zero-order chi connectivity index (χ0) is 12.3. The number of benzene rings is 1. The maximum Gasteiger partial charge on any atom is 0.134 e. The second-order valence-electron chi connectivity index (χ2n) is 3.92. The third-order valence-corrected chi connectivity index (χ3v) is 3.02. The van der Waals surface area contributed by atoms with Crippen molar-refractivity contribution in [2.45, 2.75) is 12.5 Å². The monoisotopic (exact) mass is 331 g/mol. The molecule has 0 aliphatic rings. The largest absolute Gasteiger partial charge is 0.461 e. The highest BCUT2D eigenvalue weighted by Gasteiger charge is 2.08. The van der Waals surface area contributed by atoms with Gasteiger partial charge in [-0.3, -0.25) is 0 Å². The maximum absolute atomic E-state index is 8.88. The van der Waals surface area contributed by atoms with Crippen molar-refractivity contribution in [1.29, 1.82) is 0 Å². The normalized spacial score (nSPS) is 11.9. The van der Waals surface area contributed by atoms with Gasteiger partial charge in [0.25, 0.3) is 0 Å². The molecule has 0 radical (unpaired) electrons. The van der Waals surface area contributed by atoms with Crippen LogP contribution < -0.4 is 5.73 Å². The molecule has 0 saturated heterocycles. The van der Waals surface area contributed by atoms with Crippen molar-refractivity contribution in [1.82, 2.24) is 0 Å². The number of nitrogens with two attached hydrogens (primary N) is 1. The second kappa shape index (κ2) is 6.95. The third kappa shape index (κ3) is 3.85. The molecule has 0 bridgehead atoms. The van der Waals surface area contributed by atoms with E-state index in [0.717, 1.165) is 21.6 Å². The zero-order valence-corrected chi connectivity index (χ0v) is 12.1. The lowest BCUT2D eigenvalue weighted by Crippen LogP contribution is -2.26. The summed E-state index contributed by atoms with van der Waals surface area (Å²) in [6.45, 7) is -0.0334. The number of hydrogen-bond donors (Lipinski definition) is 2. The summed E-state index contributed by atoms with van der Waals surface area (Å²) in [5, 5.41) is 8.88. The Kier molecular flexibility index (Phi) is 5.88. The van der Waals surface area contributed by atoms with Crippen LogP contribution in [0.25, 0.3) is 11.3 Å². The minimum atomic E-state index is -0.265. The van der Waals surface area contributed by atoms with E-state index < -0.39 is 0 Å². The maximum atomic E-state index is 8.88. The van der Waals surface area contributed by atoms with Crippen LogP contribution in [0.1, 0.15) is 5.76 Å². The van der Waals surface area contributed by atoms with Crippen LogP contribution in [0.4, 0.5) is 0 Å². The molecule has 1 aromatic carbocycles. The molecule has 0 aliphatic heterocycles. The van der Waals surface area contributed by atoms with Gasteiger partial charge in [-0.15, -0.1) is 12.4 Å². The molecule has 3 nitrogen and oxygen atoms in total. The Labute approximate surface area is 121 Å². The molecule has 2 aromatic rings. The quantitative estimate of drug-likeness (QED) is 0.905. The van der Waals surface area contributed by atoms with E-state index in [9.17, 15) is 0 Å². The highest BCUT2D eigenvalue weighted by atomic mass is 79.9. The third-order valence-electron chi connectivity index (χ3n) is 2.49. The SMILES string of the molecule is Cl.NC(CO)Cc1ccc(-c2ccc(Br)cc2)o1. The van der Waals surface area contributed by atoms with Crippen LogP contribution in [0.3, 0.4) is 0 Å². The second-order valence-corrected chi connectivity index (χ2v) is 4.84. The lowest BCUT2D eigenvalue weighted by molar-refractivity contribution is 0.260. The van der Waals surface area contributed by atoms with Gasteiger partial charge in [-0.1, -0.05) is 28.1 Å². The summed E-state index contributed by atoms with van der Waals surface area (Å²) in [7, 11) is 0. The van der Waals surface area contributed by atoms with Gasteiger partial charge < -0.3 is 15.3 Å². The summed E-state index contributed by atoms with van der Waals surface area (Å²) < 4.78 is 6.71. The molecule has 98 valence electrons. The molecule has 0 amide bonds. The van der Waals surface area contributed by atoms with E-state index >= 15 is 0 Å². The Hall–Kier alpha value is -0.810. The fraction of sp³-hybridized carbons (Fsp3) is 0.231. The molecule has 0 fully saturated rings. The van der Waals surface area contributed by atoms with Crippen LogP contribution in [0.5, 0.6) is 0 Å². The molecule has 1 unspecified atom stereocenters. The molecule has 0 aliphatic carbocycles. The first-order chi connectivity index (χ1) is 8.19. The number of rotatable bonds is 4. The van der Waals surface area contributed by atoms with E-state index in [1.165, 1.54) is 0 Å². The number of hydrogen-bond acceptors (Lipinski definition) is 3. The van der Waals surface area contributed by atoms with Gasteiger partial charge >= 0.3 is 0 Å². The number of halogens is 2. The van der Waals surface area contributed by atoms with E-state index in [1.807, 2.05) is 36.4 Å². The Morgan fingerprint density at radius 3 is 2.44 bits per heavy atom. The number of aliphatic hydroxyl groups excluding tert-OH is 1. The van der Waals surface area contributed by atoms with Crippen molar-refractivity contribution in [3.05, 3.63) is 46.6 Å². The van der Waals surface area contributed by atoms with Crippen molar-refractivity contribution in [3.63, 3.8) is 0 Å². The van der Waals surface area contributed by atoms with Crippen LogP contribution in [0, 0.1) is 0 Å². The standard InChI is InChI=1S/C13H14BrNO2.ClH/c14-10-3-1-9(2-4-10)13-6-5-12(17-13)7-11(15)8-16;/h1-6,11,16H,7-8,15H2;1H. The molecule has 2 rings (SSSR count). The van der Waals surface area contributed by atoms with E-state index in [2.05, 4.69) is 15.9 Å². The first-order valence-corrected chi connectivity index (χ1v) is 6.19. The lowest BCUT2D eigenvalue weighted by atomic mass is 10.2. The Bertz CT molecular complexity index is 484. The number of aliphatic hydroxyl groups is 1. The van der Waals surface area contributed by atoms with Crippen molar-refractivity contribution >= 4 is 28.3 Å². The van der Waals surface area contributed by atoms with Gasteiger partial charge in [0.1, 0.15) is 11.5 Å². The average molecular weight is 333 g/mol. The highest BCUT2D eigenvalue weighted by molar-refractivity contribution is 9.10. The fourth-order valence-electron chi connectivity index (χ4n) is 1.58. The number of furan rings is 1. The summed E-state index contributed by atoms with van der Waals surface area (Å²) in [5.41, 5.74) is 6.68. The minimum absolute atomic E-state index is 0. The smallest absolute Gasteiger partial charge is 0.134 e. The molecule has 1 aromatic heterocycles. The molecule has 0 saturated carbocycles. The van der Waals surface area contributed by atoms with Crippen molar-refractivity contribution in [2.75, 3.05) is 6.61 Å². The Morgan fingerprint density at radius 1 is 1.17 bits per heavy atom. The van der Waals surface area contributed by atoms with Crippen LogP contribution in [-0.2, 0) is 6.42 Å². The topological polar surface area (TPSA) is 59.4 Å². The van der Waals surface area contributed by atoms with Crippen molar-refractivity contribution < 1.29 is 9.52 Å². The van der Waals surface area contributed by atoms with Crippen LogP contribution in [0.2, 0.25) is 0 Å². The van der Waals surface area contributed by atoms with Crippen LogP contribution in [0.15, 0.2) is 45.3 Å². The molecular weight excluding hydrogens is 318 g/mol. The molecule has 18 heavy (non-hydrogen) atoms. The van der Waals surface area contributed by atoms with E-state index in [0.29, 0.717) is 6.42 Å². The van der Waals surface area contributed by atoms with Gasteiger partial charge in [0, 0.05) is 22.5 Å². The van der Waals surface area contributed by atoms with Crippen LogP contribution in [-0.4, -0.2) is 17.8 Å². The molecule has 1 atom stereocenters. The van der Waals surface area contributed by atoms with Gasteiger partial charge in [-0.25, -0.2) is 0 Å². The predicted octanol–water partition coefficient (Wildman–Crippen LogP) is 2.99.